The predicted octanol–water partition coefficient (Wildman–Crippen LogP) is 5.86. The van der Waals surface area contributed by atoms with Crippen molar-refractivity contribution in [3.63, 3.8) is 0 Å². The van der Waals surface area contributed by atoms with Gasteiger partial charge in [-0.25, -0.2) is 0 Å². The van der Waals surface area contributed by atoms with E-state index in [1.807, 2.05) is 72.8 Å². The van der Waals surface area contributed by atoms with Gasteiger partial charge < -0.3 is 18.4 Å². The first-order valence-electron chi connectivity index (χ1n) is 9.55. The molecule has 5 nitrogen and oxygen atoms in total. The summed E-state index contributed by atoms with van der Waals surface area (Å²) in [5.74, 6) is 1.93. The minimum absolute atomic E-state index is 0.271. The van der Waals surface area contributed by atoms with Crippen molar-refractivity contribution in [1.29, 1.82) is 0 Å². The van der Waals surface area contributed by atoms with Crippen LogP contribution < -0.4 is 14.2 Å². The summed E-state index contributed by atoms with van der Waals surface area (Å²) in [7, 11) is 2.54. The highest BCUT2D eigenvalue weighted by Gasteiger charge is 2.35. The number of ether oxygens (including phenoxy) is 3. The minimum Gasteiger partial charge on any atom is -0.497 e. The molecule has 0 bridgehead atoms. The van der Waals surface area contributed by atoms with Crippen LogP contribution in [0.4, 0.5) is 0 Å². The Hall–Kier alpha value is -3.12. The van der Waals surface area contributed by atoms with Crippen LogP contribution in [-0.4, -0.2) is 27.3 Å². The third-order valence-electron chi connectivity index (χ3n) is 4.68. The van der Waals surface area contributed by atoms with Gasteiger partial charge in [-0.15, -0.1) is 0 Å². The number of benzene rings is 3. The Morgan fingerprint density at radius 3 is 1.17 bits per heavy atom. The molecule has 30 heavy (non-hydrogen) atoms. The molecule has 3 aromatic rings. The molecule has 0 aliphatic heterocycles. The SMILES string of the molecule is CCC(=O)OS(c1ccc(OC)cc1)(c1ccc(OC)cc1)c1ccc(OC)cc1. The number of rotatable bonds is 8. The fourth-order valence-corrected chi connectivity index (χ4v) is 6.11. The Bertz CT molecular complexity index is 850. The summed E-state index contributed by atoms with van der Waals surface area (Å²) in [5.41, 5.74) is 0. The number of hydrogen-bond acceptors (Lipinski definition) is 5. The smallest absolute Gasteiger partial charge is 0.316 e. The standard InChI is InChI=1S/C24H26O5S/c1-5-24(25)29-30(21-12-6-18(26-2)7-13-21,22-14-8-19(27-3)9-15-22)23-16-10-20(28-4)11-17-23/h6-17H,5H2,1-4H3. The monoisotopic (exact) mass is 426 g/mol. The Kier molecular flexibility index (Phi) is 6.90. The van der Waals surface area contributed by atoms with E-state index < -0.39 is 10.3 Å². The molecule has 0 radical (unpaired) electrons. The molecule has 0 heterocycles. The Morgan fingerprint density at radius 2 is 0.933 bits per heavy atom. The predicted molar refractivity (Wildman–Crippen MR) is 118 cm³/mol. The zero-order valence-corrected chi connectivity index (χ0v) is 18.4. The van der Waals surface area contributed by atoms with Crippen LogP contribution in [0.2, 0.25) is 0 Å². The highest BCUT2D eigenvalue weighted by Crippen LogP contribution is 2.69. The third kappa shape index (κ3) is 4.24. The maximum Gasteiger partial charge on any atom is 0.316 e. The lowest BCUT2D eigenvalue weighted by Crippen LogP contribution is -2.13. The van der Waals surface area contributed by atoms with E-state index in [2.05, 4.69) is 0 Å². The van der Waals surface area contributed by atoms with Gasteiger partial charge in [-0.05, 0) is 83.1 Å². The first-order chi connectivity index (χ1) is 14.6. The van der Waals surface area contributed by atoms with Gasteiger partial charge in [0.1, 0.15) is 17.2 Å². The molecule has 0 amide bonds. The van der Waals surface area contributed by atoms with E-state index in [4.69, 9.17) is 18.4 Å². The van der Waals surface area contributed by atoms with Crippen LogP contribution in [0.1, 0.15) is 13.3 Å². The molecule has 0 saturated heterocycles. The summed E-state index contributed by atoms with van der Waals surface area (Å²) in [6.45, 7) is 1.79. The van der Waals surface area contributed by atoms with Crippen LogP contribution in [0.15, 0.2) is 87.5 Å². The molecular formula is C24H26O5S. The van der Waals surface area contributed by atoms with Crippen LogP contribution in [0.3, 0.4) is 0 Å². The molecule has 0 atom stereocenters. The molecule has 3 aromatic carbocycles. The molecule has 0 fully saturated rings. The van der Waals surface area contributed by atoms with Crippen molar-refractivity contribution in [2.24, 2.45) is 0 Å². The lowest BCUT2D eigenvalue weighted by Gasteiger charge is -2.39. The molecule has 0 aromatic heterocycles. The van der Waals surface area contributed by atoms with E-state index in [-0.39, 0.29) is 12.4 Å². The lowest BCUT2D eigenvalue weighted by atomic mass is 10.3. The van der Waals surface area contributed by atoms with Gasteiger partial charge in [0.2, 0.25) is 0 Å². The minimum atomic E-state index is -2.34. The maximum absolute atomic E-state index is 12.6. The molecule has 0 saturated carbocycles. The van der Waals surface area contributed by atoms with Gasteiger partial charge in [0.15, 0.2) is 0 Å². The third-order valence-corrected chi connectivity index (χ3v) is 7.92. The van der Waals surface area contributed by atoms with Crippen LogP contribution in [0, 0.1) is 0 Å². The van der Waals surface area contributed by atoms with E-state index in [9.17, 15) is 4.79 Å². The Labute approximate surface area is 179 Å². The van der Waals surface area contributed by atoms with Crippen molar-refractivity contribution in [1.82, 2.24) is 0 Å². The molecule has 0 N–H and O–H groups in total. The van der Waals surface area contributed by atoms with Gasteiger partial charge in [0.25, 0.3) is 0 Å². The van der Waals surface area contributed by atoms with Gasteiger partial charge >= 0.3 is 5.97 Å². The Balaban J connectivity index is 2.28. The van der Waals surface area contributed by atoms with Crippen molar-refractivity contribution in [2.75, 3.05) is 21.3 Å². The topological polar surface area (TPSA) is 54.0 Å². The average Bonchev–Trinajstić information content (AvgIpc) is 2.82. The van der Waals surface area contributed by atoms with Gasteiger partial charge in [-0.3, -0.25) is 4.79 Å². The van der Waals surface area contributed by atoms with Crippen LogP contribution >= 0.6 is 10.3 Å². The van der Waals surface area contributed by atoms with Crippen LogP contribution in [0.25, 0.3) is 0 Å². The van der Waals surface area contributed by atoms with E-state index in [1.165, 1.54) is 0 Å². The van der Waals surface area contributed by atoms with Gasteiger partial charge in [0, 0.05) is 21.1 Å². The second kappa shape index (κ2) is 9.59. The molecule has 0 aliphatic rings. The summed E-state index contributed by atoms with van der Waals surface area (Å²) in [5, 5.41) is 0. The van der Waals surface area contributed by atoms with E-state index in [0.717, 1.165) is 31.9 Å². The number of hydrogen-bond donors (Lipinski definition) is 0. The first kappa shape index (κ1) is 21.6. The van der Waals surface area contributed by atoms with Gasteiger partial charge in [0.05, 0.1) is 21.3 Å². The summed E-state index contributed by atoms with van der Waals surface area (Å²) < 4.78 is 22.3. The fraction of sp³-hybridized carbons (Fsp3) is 0.208. The highest BCUT2D eigenvalue weighted by molar-refractivity contribution is 8.30. The average molecular weight is 427 g/mol. The van der Waals surface area contributed by atoms with Gasteiger partial charge in [-0.2, -0.15) is 0 Å². The molecule has 6 heteroatoms. The lowest BCUT2D eigenvalue weighted by molar-refractivity contribution is -0.133. The summed E-state index contributed by atoms with van der Waals surface area (Å²) in [6.07, 6.45) is 0.275. The molecule has 158 valence electrons. The summed E-state index contributed by atoms with van der Waals surface area (Å²) in [6, 6.07) is 23.0. The first-order valence-corrected chi connectivity index (χ1v) is 11.1. The van der Waals surface area contributed by atoms with Crippen LogP contribution in [-0.2, 0) is 8.98 Å². The van der Waals surface area contributed by atoms with Gasteiger partial charge in [-0.1, -0.05) is 6.92 Å². The molecule has 0 spiro atoms. The van der Waals surface area contributed by atoms with Crippen molar-refractivity contribution in [3.8, 4) is 17.2 Å². The summed E-state index contributed by atoms with van der Waals surface area (Å²) in [4.78, 5) is 15.3. The largest absolute Gasteiger partial charge is 0.497 e. The molecular weight excluding hydrogens is 400 g/mol. The van der Waals surface area contributed by atoms with Crippen molar-refractivity contribution in [3.05, 3.63) is 72.8 Å². The second-order valence-corrected chi connectivity index (χ2v) is 9.08. The fourth-order valence-electron chi connectivity index (χ4n) is 3.05. The number of methoxy groups -OCH3 is 3. The number of carbonyl (C=O) groups is 1. The van der Waals surface area contributed by atoms with Crippen LogP contribution in [0.5, 0.6) is 17.2 Å². The Morgan fingerprint density at radius 1 is 0.633 bits per heavy atom. The van der Waals surface area contributed by atoms with E-state index >= 15 is 0 Å². The molecule has 3 rings (SSSR count). The summed E-state index contributed by atoms with van der Waals surface area (Å²) >= 11 is 0. The molecule has 0 aliphatic carbocycles. The van der Waals surface area contributed by atoms with Crippen molar-refractivity contribution >= 4 is 16.3 Å². The van der Waals surface area contributed by atoms with Crippen molar-refractivity contribution in [2.45, 2.75) is 28.0 Å². The van der Waals surface area contributed by atoms with E-state index in [0.29, 0.717) is 0 Å². The van der Waals surface area contributed by atoms with E-state index in [1.54, 1.807) is 28.3 Å². The number of carbonyl (C=O) groups excluding carboxylic acids is 1. The zero-order chi connectivity index (χ0) is 21.6. The second-order valence-electron chi connectivity index (χ2n) is 6.39. The quantitative estimate of drug-likeness (QED) is 0.451. The normalized spacial score (nSPS) is 11.5. The molecule has 0 unspecified atom stereocenters. The zero-order valence-electron chi connectivity index (χ0n) is 17.6. The maximum atomic E-state index is 12.6. The highest BCUT2D eigenvalue weighted by atomic mass is 32.3. The van der Waals surface area contributed by atoms with Crippen molar-refractivity contribution < 1.29 is 23.2 Å².